The Morgan fingerprint density at radius 2 is 1.95 bits per heavy atom. The maximum Gasteiger partial charge on any atom is 0.0889 e. The van der Waals surface area contributed by atoms with Gasteiger partial charge in [0.15, 0.2) is 0 Å². The second-order valence-electron chi connectivity index (χ2n) is 5.04. The predicted molar refractivity (Wildman–Crippen MR) is 88.6 cm³/mol. The second-order valence-corrected chi connectivity index (χ2v) is 6.10. The molecule has 1 aromatic heterocycles. The zero-order chi connectivity index (χ0) is 14.7. The maximum absolute atomic E-state index is 10.5. The molecular formula is C18H17NOS. The molecule has 1 atom stereocenters. The molecule has 2 nitrogen and oxygen atoms in total. The smallest absolute Gasteiger partial charge is 0.0889 e. The highest BCUT2D eigenvalue weighted by Crippen LogP contribution is 2.30. The number of nitrogens with zero attached hydrogens (tertiary/aromatic N) is 1. The molecule has 0 aliphatic carbocycles. The first-order valence-corrected chi connectivity index (χ1v) is 7.93. The number of fused-ring (bicyclic) bond motifs is 1. The number of rotatable bonds is 4. The van der Waals surface area contributed by atoms with Gasteiger partial charge in [-0.05, 0) is 35.6 Å². The summed E-state index contributed by atoms with van der Waals surface area (Å²) in [4.78, 5) is 5.35. The average Bonchev–Trinajstić information content (AvgIpc) is 2.53. The molecule has 0 amide bonds. The van der Waals surface area contributed by atoms with Crippen molar-refractivity contribution in [3.63, 3.8) is 0 Å². The van der Waals surface area contributed by atoms with Crippen LogP contribution in [0, 0.1) is 6.92 Å². The Hall–Kier alpha value is -1.84. The minimum Gasteiger partial charge on any atom is -0.388 e. The summed E-state index contributed by atoms with van der Waals surface area (Å²) in [5, 5.41) is 12.7. The fourth-order valence-electron chi connectivity index (χ4n) is 2.42. The van der Waals surface area contributed by atoms with E-state index < -0.39 is 6.10 Å². The van der Waals surface area contributed by atoms with E-state index in [-0.39, 0.29) is 0 Å². The van der Waals surface area contributed by atoms with Gasteiger partial charge in [0, 0.05) is 28.4 Å². The lowest BCUT2D eigenvalue weighted by molar-refractivity contribution is 0.205. The number of benzene rings is 2. The van der Waals surface area contributed by atoms with Gasteiger partial charge < -0.3 is 5.11 Å². The van der Waals surface area contributed by atoms with E-state index in [2.05, 4.69) is 24.0 Å². The molecule has 0 aliphatic rings. The molecular weight excluding hydrogens is 278 g/mol. The lowest BCUT2D eigenvalue weighted by Gasteiger charge is -2.14. The van der Waals surface area contributed by atoms with Crippen molar-refractivity contribution in [2.24, 2.45) is 0 Å². The molecule has 0 spiro atoms. The molecule has 0 fully saturated rings. The molecule has 1 heterocycles. The van der Waals surface area contributed by atoms with Crippen LogP contribution in [0.1, 0.15) is 17.2 Å². The van der Waals surface area contributed by atoms with E-state index in [1.807, 2.05) is 42.6 Å². The molecule has 0 saturated carbocycles. The molecule has 3 aromatic rings. The van der Waals surface area contributed by atoms with Crippen LogP contribution in [0.4, 0.5) is 0 Å². The number of thioether (sulfide) groups is 1. The van der Waals surface area contributed by atoms with Crippen molar-refractivity contribution in [3.05, 3.63) is 72.1 Å². The van der Waals surface area contributed by atoms with Crippen LogP contribution in [0.3, 0.4) is 0 Å². The molecule has 0 aliphatic heterocycles. The molecule has 21 heavy (non-hydrogen) atoms. The Morgan fingerprint density at radius 3 is 2.81 bits per heavy atom. The number of pyridine rings is 1. The zero-order valence-corrected chi connectivity index (χ0v) is 12.7. The third-order valence-corrected chi connectivity index (χ3v) is 4.82. The van der Waals surface area contributed by atoms with Gasteiger partial charge in [0.1, 0.15) is 0 Å². The summed E-state index contributed by atoms with van der Waals surface area (Å²) in [5.74, 6) is 0.645. The van der Waals surface area contributed by atoms with Crippen molar-refractivity contribution in [1.82, 2.24) is 4.98 Å². The van der Waals surface area contributed by atoms with Crippen LogP contribution in [0.25, 0.3) is 10.8 Å². The largest absolute Gasteiger partial charge is 0.388 e. The van der Waals surface area contributed by atoms with Crippen LogP contribution >= 0.6 is 11.8 Å². The normalized spacial score (nSPS) is 12.5. The predicted octanol–water partition coefficient (Wildman–Crippen LogP) is 4.37. The average molecular weight is 295 g/mol. The lowest BCUT2D eigenvalue weighted by Crippen LogP contribution is -2.01. The summed E-state index contributed by atoms with van der Waals surface area (Å²) in [6, 6.07) is 16.2. The van der Waals surface area contributed by atoms with E-state index in [4.69, 9.17) is 0 Å². The van der Waals surface area contributed by atoms with Crippen LogP contribution in [0.15, 0.2) is 65.8 Å². The Bertz CT molecular complexity index is 752. The van der Waals surface area contributed by atoms with Gasteiger partial charge in [-0.3, -0.25) is 4.98 Å². The molecule has 3 heteroatoms. The molecule has 0 radical (unpaired) electrons. The minimum atomic E-state index is -0.485. The van der Waals surface area contributed by atoms with Gasteiger partial charge in [-0.1, -0.05) is 36.4 Å². The van der Waals surface area contributed by atoms with Crippen molar-refractivity contribution < 1.29 is 5.11 Å². The Labute approximate surface area is 128 Å². The first kappa shape index (κ1) is 14.1. The molecule has 2 aromatic carbocycles. The Balaban J connectivity index is 1.81. The number of aliphatic hydroxyl groups is 1. The van der Waals surface area contributed by atoms with Crippen LogP contribution < -0.4 is 0 Å². The van der Waals surface area contributed by atoms with E-state index in [0.29, 0.717) is 5.75 Å². The van der Waals surface area contributed by atoms with Gasteiger partial charge in [0.05, 0.1) is 6.10 Å². The van der Waals surface area contributed by atoms with Crippen molar-refractivity contribution in [2.75, 3.05) is 5.75 Å². The van der Waals surface area contributed by atoms with E-state index in [0.717, 1.165) is 16.3 Å². The fourth-order valence-corrected chi connectivity index (χ4v) is 3.40. The third-order valence-electron chi connectivity index (χ3n) is 3.56. The summed E-state index contributed by atoms with van der Waals surface area (Å²) in [6.07, 6.45) is 3.12. The SMILES string of the molecule is Cc1ccccc1SCC(O)c1cccc2cnccc12. The highest BCUT2D eigenvalue weighted by atomic mass is 32.2. The second kappa shape index (κ2) is 6.29. The van der Waals surface area contributed by atoms with Crippen LogP contribution in [0.2, 0.25) is 0 Å². The van der Waals surface area contributed by atoms with Crippen LogP contribution in [-0.4, -0.2) is 15.8 Å². The number of aryl methyl sites for hydroxylation is 1. The summed E-state index contributed by atoms with van der Waals surface area (Å²) in [6.45, 7) is 2.10. The minimum absolute atomic E-state index is 0.485. The summed E-state index contributed by atoms with van der Waals surface area (Å²) in [5.41, 5.74) is 2.22. The molecule has 1 N–H and O–H groups in total. The first-order valence-electron chi connectivity index (χ1n) is 6.95. The van der Waals surface area contributed by atoms with Gasteiger partial charge in [0.2, 0.25) is 0 Å². The summed E-state index contributed by atoms with van der Waals surface area (Å²) >= 11 is 1.69. The summed E-state index contributed by atoms with van der Waals surface area (Å²) in [7, 11) is 0. The van der Waals surface area contributed by atoms with Crippen molar-refractivity contribution in [2.45, 2.75) is 17.9 Å². The van der Waals surface area contributed by atoms with Gasteiger partial charge in [0.25, 0.3) is 0 Å². The quantitative estimate of drug-likeness (QED) is 0.726. The Kier molecular flexibility index (Phi) is 4.23. The molecule has 0 bridgehead atoms. The van der Waals surface area contributed by atoms with Gasteiger partial charge in [-0.15, -0.1) is 11.8 Å². The standard InChI is InChI=1S/C18H17NOS/c1-13-5-2-3-8-18(13)21-12-17(20)16-7-4-6-14-11-19-10-9-15(14)16/h2-11,17,20H,12H2,1H3. The van der Waals surface area contributed by atoms with Gasteiger partial charge in [-0.2, -0.15) is 0 Å². The monoisotopic (exact) mass is 295 g/mol. The van der Waals surface area contributed by atoms with Gasteiger partial charge in [-0.25, -0.2) is 0 Å². The molecule has 3 rings (SSSR count). The van der Waals surface area contributed by atoms with Crippen molar-refractivity contribution in [3.8, 4) is 0 Å². The van der Waals surface area contributed by atoms with Crippen molar-refractivity contribution >= 4 is 22.5 Å². The Morgan fingerprint density at radius 1 is 1.10 bits per heavy atom. The number of aromatic nitrogens is 1. The van der Waals surface area contributed by atoms with E-state index >= 15 is 0 Å². The van der Waals surface area contributed by atoms with E-state index in [1.165, 1.54) is 10.5 Å². The van der Waals surface area contributed by atoms with Gasteiger partial charge >= 0.3 is 0 Å². The summed E-state index contributed by atoms with van der Waals surface area (Å²) < 4.78 is 0. The highest BCUT2D eigenvalue weighted by molar-refractivity contribution is 7.99. The zero-order valence-electron chi connectivity index (χ0n) is 11.9. The topological polar surface area (TPSA) is 33.1 Å². The lowest BCUT2D eigenvalue weighted by atomic mass is 10.0. The number of hydrogen-bond acceptors (Lipinski definition) is 3. The maximum atomic E-state index is 10.5. The molecule has 1 unspecified atom stereocenters. The number of hydrogen-bond donors (Lipinski definition) is 1. The van der Waals surface area contributed by atoms with Crippen LogP contribution in [0.5, 0.6) is 0 Å². The third kappa shape index (κ3) is 3.09. The molecule has 106 valence electrons. The van der Waals surface area contributed by atoms with E-state index in [1.54, 1.807) is 18.0 Å². The van der Waals surface area contributed by atoms with E-state index in [9.17, 15) is 5.11 Å². The van der Waals surface area contributed by atoms with Crippen LogP contribution in [-0.2, 0) is 0 Å². The fraction of sp³-hybridized carbons (Fsp3) is 0.167. The molecule has 0 saturated heterocycles. The van der Waals surface area contributed by atoms with Crippen molar-refractivity contribution in [1.29, 1.82) is 0 Å². The highest BCUT2D eigenvalue weighted by Gasteiger charge is 2.12. The first-order chi connectivity index (χ1) is 10.3. The number of aliphatic hydroxyl groups excluding tert-OH is 1.